The predicted octanol–water partition coefficient (Wildman–Crippen LogP) is 1.41. The third kappa shape index (κ3) is 2.33. The van der Waals surface area contributed by atoms with Gasteiger partial charge in [-0.3, -0.25) is 4.79 Å². The summed E-state index contributed by atoms with van der Waals surface area (Å²) >= 11 is 0. The molecule has 15 heavy (non-hydrogen) atoms. The smallest absolute Gasteiger partial charge is 0.226 e. The minimum absolute atomic E-state index is 0.0902. The van der Waals surface area contributed by atoms with E-state index in [0.29, 0.717) is 5.92 Å². The number of carbonyl (C=O) groups excluding carboxylic acids is 1. The number of hydrogen-bond donors (Lipinski definition) is 1. The molecule has 1 amide bonds. The van der Waals surface area contributed by atoms with Crippen LogP contribution in [0.3, 0.4) is 0 Å². The average Bonchev–Trinajstić information content (AvgIpc) is 3.11. The highest BCUT2D eigenvalue weighted by Gasteiger charge is 2.37. The van der Waals surface area contributed by atoms with Gasteiger partial charge in [0.1, 0.15) is 0 Å². The predicted molar refractivity (Wildman–Crippen MR) is 58.3 cm³/mol. The van der Waals surface area contributed by atoms with Crippen LogP contribution in [0.4, 0.5) is 0 Å². The van der Waals surface area contributed by atoms with Crippen LogP contribution in [0.1, 0.15) is 39.0 Å². The van der Waals surface area contributed by atoms with Crippen LogP contribution in [-0.2, 0) is 4.79 Å². The van der Waals surface area contributed by atoms with Gasteiger partial charge in [-0.15, -0.1) is 0 Å². The summed E-state index contributed by atoms with van der Waals surface area (Å²) in [5, 5.41) is 9.25. The van der Waals surface area contributed by atoms with Crippen molar-refractivity contribution in [2.75, 3.05) is 13.2 Å². The fraction of sp³-hybridized carbons (Fsp3) is 0.917. The number of nitrogens with zero attached hydrogens (tertiary/aromatic N) is 1. The Labute approximate surface area is 91.5 Å². The number of aliphatic hydroxyl groups excluding tert-OH is 1. The topological polar surface area (TPSA) is 40.5 Å². The van der Waals surface area contributed by atoms with Gasteiger partial charge in [-0.1, -0.05) is 6.92 Å². The van der Waals surface area contributed by atoms with E-state index in [2.05, 4.69) is 0 Å². The highest BCUT2D eigenvalue weighted by Crippen LogP contribution is 2.38. The van der Waals surface area contributed by atoms with Crippen LogP contribution < -0.4 is 0 Å². The summed E-state index contributed by atoms with van der Waals surface area (Å²) in [7, 11) is 0. The van der Waals surface area contributed by atoms with Crippen molar-refractivity contribution in [1.82, 2.24) is 4.90 Å². The Bertz CT molecular complexity index is 238. The van der Waals surface area contributed by atoms with Crippen molar-refractivity contribution in [2.45, 2.75) is 45.1 Å². The SMILES string of the molecule is CC(C(=O)N1CCCCC1CO)C1CC1. The number of hydrogen-bond acceptors (Lipinski definition) is 2. The highest BCUT2D eigenvalue weighted by atomic mass is 16.3. The number of amides is 1. The van der Waals surface area contributed by atoms with Crippen LogP contribution in [0.25, 0.3) is 0 Å². The molecule has 0 aromatic carbocycles. The van der Waals surface area contributed by atoms with Gasteiger partial charge in [0.05, 0.1) is 12.6 Å². The van der Waals surface area contributed by atoms with Crippen molar-refractivity contribution in [3.8, 4) is 0 Å². The minimum Gasteiger partial charge on any atom is -0.394 e. The zero-order valence-corrected chi connectivity index (χ0v) is 9.48. The molecule has 0 aromatic rings. The lowest BCUT2D eigenvalue weighted by Gasteiger charge is -2.36. The molecular formula is C12H21NO2. The van der Waals surface area contributed by atoms with Gasteiger partial charge >= 0.3 is 0 Å². The van der Waals surface area contributed by atoms with Gasteiger partial charge in [0.15, 0.2) is 0 Å². The Morgan fingerprint density at radius 1 is 1.40 bits per heavy atom. The van der Waals surface area contributed by atoms with Gasteiger partial charge in [-0.05, 0) is 38.0 Å². The standard InChI is InChI=1S/C12H21NO2/c1-9(10-5-6-10)12(15)13-7-3-2-4-11(13)8-14/h9-11,14H,2-8H2,1H3. The van der Waals surface area contributed by atoms with Crippen molar-refractivity contribution >= 4 is 5.91 Å². The Morgan fingerprint density at radius 3 is 2.73 bits per heavy atom. The third-order valence-electron chi connectivity index (χ3n) is 3.84. The van der Waals surface area contributed by atoms with Gasteiger partial charge in [0.25, 0.3) is 0 Å². The molecule has 2 fully saturated rings. The Hall–Kier alpha value is -0.570. The van der Waals surface area contributed by atoms with Gasteiger partial charge in [0, 0.05) is 12.5 Å². The van der Waals surface area contributed by atoms with Crippen LogP contribution in [0.2, 0.25) is 0 Å². The van der Waals surface area contributed by atoms with Crippen LogP contribution in [-0.4, -0.2) is 35.1 Å². The Balaban J connectivity index is 1.96. The minimum atomic E-state index is 0.0902. The molecule has 3 heteroatoms. The maximum absolute atomic E-state index is 12.2. The van der Waals surface area contributed by atoms with Crippen LogP contribution in [0.15, 0.2) is 0 Å². The van der Waals surface area contributed by atoms with E-state index in [1.807, 2.05) is 11.8 Å². The second kappa shape index (κ2) is 4.52. The first-order valence-corrected chi connectivity index (χ1v) is 6.15. The molecule has 2 atom stereocenters. The first-order chi connectivity index (χ1) is 7.24. The van der Waals surface area contributed by atoms with Gasteiger partial charge < -0.3 is 10.0 Å². The fourth-order valence-corrected chi connectivity index (χ4v) is 2.54. The van der Waals surface area contributed by atoms with Gasteiger partial charge in [0.2, 0.25) is 5.91 Å². The van der Waals surface area contributed by atoms with Crippen molar-refractivity contribution in [1.29, 1.82) is 0 Å². The second-order valence-electron chi connectivity index (χ2n) is 4.99. The van der Waals surface area contributed by atoms with E-state index in [9.17, 15) is 9.90 Å². The molecule has 2 unspecified atom stereocenters. The molecule has 86 valence electrons. The number of carbonyl (C=O) groups is 1. The number of rotatable bonds is 3. The maximum Gasteiger partial charge on any atom is 0.226 e. The van der Waals surface area contributed by atoms with Crippen LogP contribution in [0.5, 0.6) is 0 Å². The number of likely N-dealkylation sites (tertiary alicyclic amines) is 1. The molecule has 2 aliphatic rings. The number of piperidine rings is 1. The number of aliphatic hydroxyl groups is 1. The molecule has 0 radical (unpaired) electrons. The lowest BCUT2D eigenvalue weighted by atomic mass is 9.98. The summed E-state index contributed by atoms with van der Waals surface area (Å²) in [5.41, 5.74) is 0. The molecule has 2 rings (SSSR count). The summed E-state index contributed by atoms with van der Waals surface area (Å²) in [4.78, 5) is 14.1. The molecule has 3 nitrogen and oxygen atoms in total. The molecule has 1 N–H and O–H groups in total. The van der Waals surface area contributed by atoms with E-state index < -0.39 is 0 Å². The lowest BCUT2D eigenvalue weighted by molar-refractivity contribution is -0.140. The van der Waals surface area contributed by atoms with Crippen molar-refractivity contribution in [3.63, 3.8) is 0 Å². The molecular weight excluding hydrogens is 190 g/mol. The molecule has 0 bridgehead atoms. The second-order valence-corrected chi connectivity index (χ2v) is 4.99. The summed E-state index contributed by atoms with van der Waals surface area (Å²) in [6.45, 7) is 3.02. The van der Waals surface area contributed by atoms with E-state index in [1.54, 1.807) is 0 Å². The van der Waals surface area contributed by atoms with E-state index >= 15 is 0 Å². The van der Waals surface area contributed by atoms with E-state index in [1.165, 1.54) is 12.8 Å². The van der Waals surface area contributed by atoms with Crippen molar-refractivity contribution in [2.24, 2.45) is 11.8 Å². The van der Waals surface area contributed by atoms with Gasteiger partial charge in [-0.2, -0.15) is 0 Å². The first-order valence-electron chi connectivity index (χ1n) is 6.15. The molecule has 1 aliphatic carbocycles. The first kappa shape index (κ1) is 10.9. The maximum atomic E-state index is 12.2. The Kier molecular flexibility index (Phi) is 3.29. The summed E-state index contributed by atoms with van der Waals surface area (Å²) in [6, 6.07) is 0.0902. The lowest BCUT2D eigenvalue weighted by Crippen LogP contribution is -2.48. The average molecular weight is 211 g/mol. The Morgan fingerprint density at radius 2 is 2.13 bits per heavy atom. The molecule has 0 spiro atoms. The normalized spacial score (nSPS) is 28.9. The summed E-state index contributed by atoms with van der Waals surface area (Å²) in [5.74, 6) is 1.08. The molecule has 1 aliphatic heterocycles. The van der Waals surface area contributed by atoms with Gasteiger partial charge in [-0.25, -0.2) is 0 Å². The van der Waals surface area contributed by atoms with Crippen LogP contribution >= 0.6 is 0 Å². The summed E-state index contributed by atoms with van der Waals surface area (Å²) in [6.07, 6.45) is 5.64. The quantitative estimate of drug-likeness (QED) is 0.766. The van der Waals surface area contributed by atoms with E-state index in [-0.39, 0.29) is 24.5 Å². The fourth-order valence-electron chi connectivity index (χ4n) is 2.54. The van der Waals surface area contributed by atoms with Crippen molar-refractivity contribution < 1.29 is 9.90 Å². The molecule has 1 saturated heterocycles. The zero-order chi connectivity index (χ0) is 10.8. The summed E-state index contributed by atoms with van der Waals surface area (Å²) < 4.78 is 0. The molecule has 1 heterocycles. The van der Waals surface area contributed by atoms with E-state index in [4.69, 9.17) is 0 Å². The van der Waals surface area contributed by atoms with E-state index in [0.717, 1.165) is 25.8 Å². The van der Waals surface area contributed by atoms with Crippen LogP contribution in [0, 0.1) is 11.8 Å². The molecule has 1 saturated carbocycles. The largest absolute Gasteiger partial charge is 0.394 e. The monoisotopic (exact) mass is 211 g/mol. The highest BCUT2D eigenvalue weighted by molar-refractivity contribution is 5.79. The molecule has 0 aromatic heterocycles. The zero-order valence-electron chi connectivity index (χ0n) is 9.48. The van der Waals surface area contributed by atoms with Crippen molar-refractivity contribution in [3.05, 3.63) is 0 Å². The third-order valence-corrected chi connectivity index (χ3v) is 3.84.